The Morgan fingerprint density at radius 1 is 1.15 bits per heavy atom. The molecule has 0 saturated heterocycles. The van der Waals surface area contributed by atoms with Gasteiger partial charge in [-0.25, -0.2) is 9.59 Å². The number of carbonyl (C=O) groups is 2. The van der Waals surface area contributed by atoms with Crippen LogP contribution >= 0.6 is 23.2 Å². The zero-order valence-corrected chi connectivity index (χ0v) is 14.8. The number of amides is 2. The molecule has 8 nitrogen and oxygen atoms in total. The van der Waals surface area contributed by atoms with Crippen LogP contribution in [-0.4, -0.2) is 22.0 Å². The second kappa shape index (κ2) is 7.59. The van der Waals surface area contributed by atoms with Gasteiger partial charge in [0, 0.05) is 17.2 Å². The second-order valence-electron chi connectivity index (χ2n) is 5.44. The number of carboxylic acid groups (broad SMARTS) is 1. The number of non-ortho nitro benzene ring substituents is 1. The molecule has 1 unspecified atom stereocenters. The molecule has 10 heteroatoms. The fraction of sp³-hybridized carbons (Fsp3) is 0.125. The van der Waals surface area contributed by atoms with Gasteiger partial charge in [-0.3, -0.25) is 10.1 Å². The van der Waals surface area contributed by atoms with E-state index in [1.54, 1.807) is 0 Å². The molecule has 0 aliphatic carbocycles. The van der Waals surface area contributed by atoms with Gasteiger partial charge in [-0.05, 0) is 42.8 Å². The maximum absolute atomic E-state index is 12.2. The first-order valence-corrected chi connectivity index (χ1v) is 7.91. The van der Waals surface area contributed by atoms with Crippen LogP contribution in [0.2, 0.25) is 10.0 Å². The van der Waals surface area contributed by atoms with Crippen molar-refractivity contribution in [1.29, 1.82) is 0 Å². The molecule has 0 saturated carbocycles. The van der Waals surface area contributed by atoms with Gasteiger partial charge >= 0.3 is 12.0 Å². The average molecular weight is 398 g/mol. The van der Waals surface area contributed by atoms with Gasteiger partial charge < -0.3 is 15.7 Å². The minimum atomic E-state index is -1.82. The van der Waals surface area contributed by atoms with E-state index >= 15 is 0 Å². The summed E-state index contributed by atoms with van der Waals surface area (Å²) in [5.74, 6) is -1.34. The summed E-state index contributed by atoms with van der Waals surface area (Å²) in [7, 11) is 0. The lowest BCUT2D eigenvalue weighted by molar-refractivity contribution is -0.384. The summed E-state index contributed by atoms with van der Waals surface area (Å²) in [6.07, 6.45) is 0. The van der Waals surface area contributed by atoms with E-state index < -0.39 is 22.5 Å². The quantitative estimate of drug-likeness (QED) is 0.519. The van der Waals surface area contributed by atoms with Crippen molar-refractivity contribution in [2.75, 3.05) is 5.32 Å². The summed E-state index contributed by atoms with van der Waals surface area (Å²) >= 11 is 11.7. The third-order valence-corrected chi connectivity index (χ3v) is 4.17. The molecule has 136 valence electrons. The normalized spacial score (nSPS) is 12.7. The standard InChI is InChI=1S/C16H13Cl2N3O5/c1-16(14(22)23,9-2-5-11(6-3-9)21(25)26)20-15(24)19-13-7-4-10(17)8-12(13)18/h2-8H,1H3,(H,22,23)(H2,19,20,24). The highest BCUT2D eigenvalue weighted by Gasteiger charge is 2.37. The largest absolute Gasteiger partial charge is 0.479 e. The number of rotatable bonds is 5. The number of nitrogens with one attached hydrogen (secondary N) is 2. The van der Waals surface area contributed by atoms with Crippen molar-refractivity contribution < 1.29 is 19.6 Å². The highest BCUT2D eigenvalue weighted by atomic mass is 35.5. The molecule has 2 aromatic rings. The Morgan fingerprint density at radius 2 is 1.77 bits per heavy atom. The van der Waals surface area contributed by atoms with Crippen LogP contribution in [0.3, 0.4) is 0 Å². The molecular weight excluding hydrogens is 385 g/mol. The van der Waals surface area contributed by atoms with E-state index in [4.69, 9.17) is 23.2 Å². The van der Waals surface area contributed by atoms with Gasteiger partial charge in [-0.15, -0.1) is 0 Å². The van der Waals surface area contributed by atoms with Crippen LogP contribution in [-0.2, 0) is 10.3 Å². The van der Waals surface area contributed by atoms with Gasteiger partial charge in [0.15, 0.2) is 5.54 Å². The molecular formula is C16H13Cl2N3O5. The number of carbonyl (C=O) groups excluding carboxylic acids is 1. The Labute approximate surface area is 157 Å². The number of hydrogen-bond donors (Lipinski definition) is 3. The first-order chi connectivity index (χ1) is 12.1. The number of nitro benzene ring substituents is 1. The fourth-order valence-corrected chi connectivity index (χ4v) is 2.59. The molecule has 0 aliphatic heterocycles. The van der Waals surface area contributed by atoms with Gasteiger partial charge in [-0.1, -0.05) is 23.2 Å². The van der Waals surface area contributed by atoms with Crippen LogP contribution in [0, 0.1) is 10.1 Å². The highest BCUT2D eigenvalue weighted by molar-refractivity contribution is 6.36. The number of halogens is 2. The van der Waals surface area contributed by atoms with Gasteiger partial charge in [0.2, 0.25) is 0 Å². The predicted octanol–water partition coefficient (Wildman–Crippen LogP) is 4.02. The SMILES string of the molecule is CC(NC(=O)Nc1ccc(Cl)cc1Cl)(C(=O)O)c1ccc([N+](=O)[O-])cc1. The molecule has 0 radical (unpaired) electrons. The zero-order valence-electron chi connectivity index (χ0n) is 13.3. The number of benzene rings is 2. The monoisotopic (exact) mass is 397 g/mol. The van der Waals surface area contributed by atoms with E-state index in [0.717, 1.165) is 12.1 Å². The lowest BCUT2D eigenvalue weighted by Gasteiger charge is -2.27. The highest BCUT2D eigenvalue weighted by Crippen LogP contribution is 2.27. The number of hydrogen-bond acceptors (Lipinski definition) is 4. The molecule has 0 heterocycles. The van der Waals surface area contributed by atoms with Crippen LogP contribution in [0.4, 0.5) is 16.2 Å². The fourth-order valence-electron chi connectivity index (χ4n) is 2.14. The number of nitrogens with zero attached hydrogens (tertiary/aromatic N) is 1. The van der Waals surface area contributed by atoms with Crippen molar-refractivity contribution in [2.45, 2.75) is 12.5 Å². The Hall–Kier alpha value is -2.84. The molecule has 0 aromatic heterocycles. The van der Waals surface area contributed by atoms with Crippen molar-refractivity contribution in [3.05, 3.63) is 68.2 Å². The Morgan fingerprint density at radius 3 is 2.27 bits per heavy atom. The lowest BCUT2D eigenvalue weighted by atomic mass is 9.92. The summed E-state index contributed by atoms with van der Waals surface area (Å²) in [6, 6.07) is 8.43. The molecule has 26 heavy (non-hydrogen) atoms. The van der Waals surface area contributed by atoms with Crippen LogP contribution in [0.25, 0.3) is 0 Å². The maximum Gasteiger partial charge on any atom is 0.333 e. The number of nitro groups is 1. The van der Waals surface area contributed by atoms with Crippen LogP contribution in [0.1, 0.15) is 12.5 Å². The maximum atomic E-state index is 12.2. The molecule has 2 amide bonds. The number of aliphatic carboxylic acids is 1. The minimum Gasteiger partial charge on any atom is -0.479 e. The third kappa shape index (κ3) is 4.22. The number of urea groups is 1. The van der Waals surface area contributed by atoms with Gasteiger partial charge in [0.25, 0.3) is 5.69 Å². The smallest absolute Gasteiger partial charge is 0.333 e. The van der Waals surface area contributed by atoms with Crippen LogP contribution < -0.4 is 10.6 Å². The van der Waals surface area contributed by atoms with Crippen molar-refractivity contribution in [1.82, 2.24) is 5.32 Å². The summed E-state index contributed by atoms with van der Waals surface area (Å²) in [5, 5.41) is 25.6. The van der Waals surface area contributed by atoms with Gasteiger partial charge in [0.05, 0.1) is 15.6 Å². The lowest BCUT2D eigenvalue weighted by Crippen LogP contribution is -2.51. The number of anilines is 1. The zero-order chi connectivity index (χ0) is 19.5. The summed E-state index contributed by atoms with van der Waals surface area (Å²) in [6.45, 7) is 1.26. The molecule has 1 atom stereocenters. The van der Waals surface area contributed by atoms with Gasteiger partial charge in [0.1, 0.15) is 0 Å². The Balaban J connectivity index is 2.24. The van der Waals surface area contributed by atoms with Crippen LogP contribution in [0.5, 0.6) is 0 Å². The third-order valence-electron chi connectivity index (χ3n) is 3.63. The van der Waals surface area contributed by atoms with E-state index in [1.165, 1.54) is 37.3 Å². The van der Waals surface area contributed by atoms with Crippen molar-refractivity contribution >= 4 is 46.6 Å². The molecule has 0 bridgehead atoms. The predicted molar refractivity (Wildman–Crippen MR) is 96.7 cm³/mol. The summed E-state index contributed by atoms with van der Waals surface area (Å²) in [5.41, 5.74) is -1.62. The second-order valence-corrected chi connectivity index (χ2v) is 6.28. The molecule has 0 fully saturated rings. The van der Waals surface area contributed by atoms with Crippen LogP contribution in [0.15, 0.2) is 42.5 Å². The van der Waals surface area contributed by atoms with E-state index in [1.807, 2.05) is 0 Å². The van der Waals surface area contributed by atoms with E-state index in [0.29, 0.717) is 5.02 Å². The Bertz CT molecular complexity index is 873. The van der Waals surface area contributed by atoms with Crippen molar-refractivity contribution in [2.24, 2.45) is 0 Å². The summed E-state index contributed by atoms with van der Waals surface area (Å²) < 4.78 is 0. The van der Waals surface area contributed by atoms with Crippen molar-refractivity contribution in [3.8, 4) is 0 Å². The first kappa shape index (κ1) is 19.5. The van der Waals surface area contributed by atoms with E-state index in [9.17, 15) is 24.8 Å². The number of carboxylic acids is 1. The Kier molecular flexibility index (Phi) is 5.69. The summed E-state index contributed by atoms with van der Waals surface area (Å²) in [4.78, 5) is 34.1. The minimum absolute atomic E-state index is 0.160. The van der Waals surface area contributed by atoms with E-state index in [2.05, 4.69) is 10.6 Å². The topological polar surface area (TPSA) is 122 Å². The molecule has 2 rings (SSSR count). The molecule has 2 aromatic carbocycles. The molecule has 0 spiro atoms. The molecule has 0 aliphatic rings. The van der Waals surface area contributed by atoms with E-state index in [-0.39, 0.29) is 22.0 Å². The molecule has 3 N–H and O–H groups in total. The average Bonchev–Trinajstić information content (AvgIpc) is 2.57. The van der Waals surface area contributed by atoms with Gasteiger partial charge in [-0.2, -0.15) is 0 Å². The first-order valence-electron chi connectivity index (χ1n) is 7.16. The van der Waals surface area contributed by atoms with Crippen molar-refractivity contribution in [3.63, 3.8) is 0 Å².